The lowest BCUT2D eigenvalue weighted by Gasteiger charge is -2.28. The zero-order chi connectivity index (χ0) is 20.2. The van der Waals surface area contributed by atoms with Crippen molar-refractivity contribution in [3.8, 4) is 5.75 Å². The Bertz CT molecular complexity index is 966. The van der Waals surface area contributed by atoms with Crippen molar-refractivity contribution in [2.75, 3.05) is 38.7 Å². The van der Waals surface area contributed by atoms with Crippen LogP contribution in [0.25, 0.3) is 10.8 Å². The number of unbranched alkanes of at least 4 members (excludes halogenated alkanes) is 1. The molecule has 0 amide bonds. The first-order valence-corrected chi connectivity index (χ1v) is 10.8. The van der Waals surface area contributed by atoms with Crippen LogP contribution in [0, 0.1) is 0 Å². The highest BCUT2D eigenvalue weighted by Gasteiger charge is 2.23. The first kappa shape index (κ1) is 19.8. The molecule has 1 heterocycles. The molecule has 1 aliphatic rings. The van der Waals surface area contributed by atoms with Crippen LogP contribution in [0.1, 0.15) is 36.9 Å². The summed E-state index contributed by atoms with van der Waals surface area (Å²) in [5.41, 5.74) is 4.21. The molecule has 0 aromatic heterocycles. The Balaban J connectivity index is 1.47. The number of nitrogens with zero attached hydrogens (tertiary/aromatic N) is 2. The maximum atomic E-state index is 6.01. The van der Waals surface area contributed by atoms with Crippen LogP contribution in [0.15, 0.2) is 60.7 Å². The van der Waals surface area contributed by atoms with Gasteiger partial charge in [0.15, 0.2) is 0 Å². The highest BCUT2D eigenvalue weighted by Crippen LogP contribution is 2.35. The lowest BCUT2D eigenvalue weighted by Crippen LogP contribution is -2.24. The maximum Gasteiger partial charge on any atom is 0.119 e. The quantitative estimate of drug-likeness (QED) is 0.462. The molecule has 0 bridgehead atoms. The van der Waals surface area contributed by atoms with Crippen LogP contribution in [0.5, 0.6) is 5.75 Å². The summed E-state index contributed by atoms with van der Waals surface area (Å²) in [7, 11) is 4.23. The summed E-state index contributed by atoms with van der Waals surface area (Å²) in [6.07, 6.45) is 3.39. The summed E-state index contributed by atoms with van der Waals surface area (Å²) in [6, 6.07) is 22.5. The molecule has 4 rings (SSSR count). The molecule has 0 saturated heterocycles. The van der Waals surface area contributed by atoms with E-state index in [-0.39, 0.29) is 0 Å². The summed E-state index contributed by atoms with van der Waals surface area (Å²) in [5.74, 6) is 0.971. The van der Waals surface area contributed by atoms with Crippen LogP contribution < -0.4 is 9.64 Å². The molecule has 0 unspecified atom stereocenters. The van der Waals surface area contributed by atoms with Crippen molar-refractivity contribution in [3.05, 3.63) is 71.8 Å². The fraction of sp³-hybridized carbons (Fsp3) is 0.385. The van der Waals surface area contributed by atoms with Crippen LogP contribution in [-0.4, -0.2) is 38.7 Å². The molecule has 3 aromatic rings. The van der Waals surface area contributed by atoms with Gasteiger partial charge in [-0.2, -0.15) is 0 Å². The van der Waals surface area contributed by atoms with Crippen molar-refractivity contribution in [3.63, 3.8) is 0 Å². The molecule has 0 aliphatic carbocycles. The Kier molecular flexibility index (Phi) is 6.05. The molecular weight excluding hydrogens is 356 g/mol. The van der Waals surface area contributed by atoms with Crippen LogP contribution in [0.3, 0.4) is 0 Å². The maximum absolute atomic E-state index is 6.01. The van der Waals surface area contributed by atoms with E-state index in [1.807, 2.05) is 0 Å². The highest BCUT2D eigenvalue weighted by atomic mass is 16.5. The minimum absolute atomic E-state index is 0.360. The van der Waals surface area contributed by atoms with E-state index < -0.39 is 0 Å². The third kappa shape index (κ3) is 4.56. The van der Waals surface area contributed by atoms with E-state index in [1.54, 1.807) is 0 Å². The minimum atomic E-state index is 0.360. The Hall–Kier alpha value is -2.52. The van der Waals surface area contributed by atoms with Gasteiger partial charge in [-0.1, -0.05) is 36.4 Å². The normalized spacial score (nSPS) is 14.4. The Morgan fingerprint density at radius 2 is 1.79 bits per heavy atom. The van der Waals surface area contributed by atoms with Gasteiger partial charge in [-0.3, -0.25) is 0 Å². The molecule has 0 radical (unpaired) electrons. The Morgan fingerprint density at radius 1 is 0.966 bits per heavy atom. The van der Waals surface area contributed by atoms with Crippen molar-refractivity contribution >= 4 is 16.5 Å². The fourth-order valence-electron chi connectivity index (χ4n) is 4.26. The van der Waals surface area contributed by atoms with Gasteiger partial charge in [0, 0.05) is 12.2 Å². The number of hydrogen-bond donors (Lipinski definition) is 0. The van der Waals surface area contributed by atoms with E-state index in [1.165, 1.54) is 34.0 Å². The van der Waals surface area contributed by atoms with Crippen LogP contribution >= 0.6 is 0 Å². The number of fused-ring (bicyclic) bond motifs is 2. The molecule has 3 aromatic carbocycles. The summed E-state index contributed by atoms with van der Waals surface area (Å²) in [4.78, 5) is 4.75. The van der Waals surface area contributed by atoms with E-state index in [0.717, 1.165) is 38.3 Å². The van der Waals surface area contributed by atoms with Gasteiger partial charge in [-0.15, -0.1) is 0 Å². The predicted molar refractivity (Wildman–Crippen MR) is 123 cm³/mol. The van der Waals surface area contributed by atoms with E-state index in [4.69, 9.17) is 4.74 Å². The first-order valence-electron chi connectivity index (χ1n) is 10.8. The van der Waals surface area contributed by atoms with Crippen LogP contribution in [0.2, 0.25) is 0 Å². The summed E-state index contributed by atoms with van der Waals surface area (Å²) in [6.45, 7) is 5.30. The second-order valence-corrected chi connectivity index (χ2v) is 8.38. The minimum Gasteiger partial charge on any atom is -0.494 e. The largest absolute Gasteiger partial charge is 0.494 e. The molecule has 3 heteroatoms. The van der Waals surface area contributed by atoms with E-state index in [9.17, 15) is 0 Å². The standard InChI is InChI=1S/C26H32N2O/c1-20(28-16-14-22-8-4-5-9-26(22)28)23-11-10-21-12-13-25(19-24(21)18-23)29-17-7-6-15-27(2)3/h4-5,8-13,18-20H,6-7,14-17H2,1-3H3/t20-/m0/s1. The molecule has 0 N–H and O–H groups in total. The number of anilines is 1. The lowest BCUT2D eigenvalue weighted by atomic mass is 10.0. The second-order valence-electron chi connectivity index (χ2n) is 8.38. The number of para-hydroxylation sites is 1. The second kappa shape index (κ2) is 8.87. The number of ether oxygens (including phenoxy) is 1. The van der Waals surface area contributed by atoms with Gasteiger partial charge < -0.3 is 14.5 Å². The van der Waals surface area contributed by atoms with Gasteiger partial charge in [0.05, 0.1) is 12.6 Å². The lowest BCUT2D eigenvalue weighted by molar-refractivity contribution is 0.293. The zero-order valence-electron chi connectivity index (χ0n) is 17.9. The Labute approximate surface area is 174 Å². The number of hydrogen-bond acceptors (Lipinski definition) is 3. The smallest absolute Gasteiger partial charge is 0.119 e. The third-order valence-corrected chi connectivity index (χ3v) is 5.98. The van der Waals surface area contributed by atoms with Crippen molar-refractivity contribution in [2.24, 2.45) is 0 Å². The van der Waals surface area contributed by atoms with Gasteiger partial charge in [0.25, 0.3) is 0 Å². The molecule has 29 heavy (non-hydrogen) atoms. The van der Waals surface area contributed by atoms with Crippen LogP contribution in [0.4, 0.5) is 5.69 Å². The fourth-order valence-corrected chi connectivity index (χ4v) is 4.26. The zero-order valence-corrected chi connectivity index (χ0v) is 17.9. The third-order valence-electron chi connectivity index (χ3n) is 5.98. The van der Waals surface area contributed by atoms with Gasteiger partial charge in [-0.05, 0) is 93.0 Å². The van der Waals surface area contributed by atoms with Crippen LogP contribution in [-0.2, 0) is 6.42 Å². The van der Waals surface area contributed by atoms with Crippen molar-refractivity contribution < 1.29 is 4.74 Å². The van der Waals surface area contributed by atoms with Gasteiger partial charge in [0.2, 0.25) is 0 Å². The monoisotopic (exact) mass is 388 g/mol. The van der Waals surface area contributed by atoms with E-state index in [2.05, 4.69) is 91.5 Å². The summed E-state index contributed by atoms with van der Waals surface area (Å²) >= 11 is 0. The molecule has 152 valence electrons. The predicted octanol–water partition coefficient (Wildman–Crippen LogP) is 5.68. The molecule has 0 spiro atoms. The molecule has 0 fully saturated rings. The number of benzene rings is 3. The SMILES string of the molecule is C[C@@H](c1ccc2ccc(OCCCCN(C)C)cc2c1)N1CCc2ccccc21. The Morgan fingerprint density at radius 3 is 2.66 bits per heavy atom. The number of rotatable bonds is 8. The van der Waals surface area contributed by atoms with E-state index in [0.29, 0.717) is 6.04 Å². The van der Waals surface area contributed by atoms with Gasteiger partial charge in [-0.25, -0.2) is 0 Å². The first-order chi connectivity index (χ1) is 14.1. The van der Waals surface area contributed by atoms with Crippen molar-refractivity contribution in [1.29, 1.82) is 0 Å². The highest BCUT2D eigenvalue weighted by molar-refractivity contribution is 5.84. The van der Waals surface area contributed by atoms with E-state index >= 15 is 0 Å². The summed E-state index contributed by atoms with van der Waals surface area (Å²) in [5, 5.41) is 2.52. The van der Waals surface area contributed by atoms with Gasteiger partial charge >= 0.3 is 0 Å². The molecule has 0 saturated carbocycles. The molecule has 3 nitrogen and oxygen atoms in total. The average molecular weight is 389 g/mol. The van der Waals surface area contributed by atoms with Gasteiger partial charge in [0.1, 0.15) is 5.75 Å². The molecular formula is C26H32N2O. The molecule has 1 atom stereocenters. The topological polar surface area (TPSA) is 15.7 Å². The summed E-state index contributed by atoms with van der Waals surface area (Å²) < 4.78 is 6.01. The van der Waals surface area contributed by atoms with Crippen molar-refractivity contribution in [1.82, 2.24) is 4.90 Å². The van der Waals surface area contributed by atoms with Crippen molar-refractivity contribution in [2.45, 2.75) is 32.2 Å². The average Bonchev–Trinajstić information content (AvgIpc) is 3.16. The molecule has 1 aliphatic heterocycles.